The molecule has 1 aliphatic rings. The Morgan fingerprint density at radius 3 is 2.88 bits per heavy atom. The molecule has 2 rings (SSSR count). The average molecular weight is 260 g/mol. The van der Waals surface area contributed by atoms with Crippen molar-refractivity contribution in [1.29, 1.82) is 0 Å². The molecule has 17 heavy (non-hydrogen) atoms. The second-order valence-corrected chi connectivity index (χ2v) is 3.95. The van der Waals surface area contributed by atoms with Crippen molar-refractivity contribution in [1.82, 2.24) is 15.5 Å². The van der Waals surface area contributed by atoms with Crippen molar-refractivity contribution in [3.63, 3.8) is 0 Å². The molecule has 2 heterocycles. The van der Waals surface area contributed by atoms with Gasteiger partial charge in [-0.1, -0.05) is 0 Å². The van der Waals surface area contributed by atoms with Gasteiger partial charge in [-0.25, -0.2) is 4.79 Å². The van der Waals surface area contributed by atoms with E-state index >= 15 is 0 Å². The Morgan fingerprint density at radius 2 is 2.24 bits per heavy atom. The summed E-state index contributed by atoms with van der Waals surface area (Å²) < 4.78 is 4.99. The maximum atomic E-state index is 11.7. The summed E-state index contributed by atoms with van der Waals surface area (Å²) >= 11 is 0. The van der Waals surface area contributed by atoms with Crippen LogP contribution in [-0.4, -0.2) is 35.9 Å². The highest BCUT2D eigenvalue weighted by atomic mass is 35.5. The van der Waals surface area contributed by atoms with Gasteiger partial charge in [0.2, 0.25) is 0 Å². The van der Waals surface area contributed by atoms with Gasteiger partial charge in [0.25, 0.3) is 0 Å². The molecule has 96 valence electrons. The van der Waals surface area contributed by atoms with Crippen LogP contribution in [0.3, 0.4) is 0 Å². The predicted molar refractivity (Wildman–Crippen MR) is 66.6 cm³/mol. The lowest BCUT2D eigenvalue weighted by Crippen LogP contribution is -2.27. The van der Waals surface area contributed by atoms with E-state index in [0.29, 0.717) is 18.2 Å². The van der Waals surface area contributed by atoms with E-state index in [0.717, 1.165) is 31.5 Å². The van der Waals surface area contributed by atoms with Gasteiger partial charge in [0.15, 0.2) is 0 Å². The number of aromatic nitrogens is 2. The van der Waals surface area contributed by atoms with Crippen LogP contribution in [0.2, 0.25) is 0 Å². The summed E-state index contributed by atoms with van der Waals surface area (Å²) in [5, 5.41) is 10.0. The number of halogens is 1. The number of ether oxygens (including phenoxy) is 1. The molecule has 0 aromatic carbocycles. The van der Waals surface area contributed by atoms with Gasteiger partial charge in [0, 0.05) is 5.56 Å². The SMILES string of the molecule is CCOC(=O)c1[nH]ncc1C1CCNCC1.Cl. The van der Waals surface area contributed by atoms with Crippen LogP contribution in [0, 0.1) is 0 Å². The maximum Gasteiger partial charge on any atom is 0.356 e. The lowest BCUT2D eigenvalue weighted by Gasteiger charge is -2.22. The van der Waals surface area contributed by atoms with Crippen molar-refractivity contribution in [2.24, 2.45) is 0 Å². The minimum absolute atomic E-state index is 0. The monoisotopic (exact) mass is 259 g/mol. The standard InChI is InChI=1S/C11H17N3O2.ClH/c1-2-16-11(15)10-9(7-13-14-10)8-3-5-12-6-4-8;/h7-8,12H,2-6H2,1H3,(H,13,14);1H. The number of carbonyl (C=O) groups excluding carboxylic acids is 1. The third-order valence-electron chi connectivity index (χ3n) is 2.93. The summed E-state index contributed by atoms with van der Waals surface area (Å²) in [4.78, 5) is 11.7. The molecular weight excluding hydrogens is 242 g/mol. The molecule has 0 aliphatic carbocycles. The van der Waals surface area contributed by atoms with Gasteiger partial charge in [-0.05, 0) is 38.8 Å². The van der Waals surface area contributed by atoms with Gasteiger partial charge in [-0.2, -0.15) is 5.10 Å². The van der Waals surface area contributed by atoms with Crippen LogP contribution in [0.5, 0.6) is 0 Å². The molecule has 0 unspecified atom stereocenters. The number of H-pyrrole nitrogens is 1. The fourth-order valence-corrected chi connectivity index (χ4v) is 2.10. The second kappa shape index (κ2) is 6.61. The van der Waals surface area contributed by atoms with E-state index in [4.69, 9.17) is 4.74 Å². The molecule has 0 atom stereocenters. The van der Waals surface area contributed by atoms with Crippen LogP contribution in [-0.2, 0) is 4.74 Å². The molecule has 1 aromatic rings. The summed E-state index contributed by atoms with van der Waals surface area (Å²) in [6.45, 7) is 4.19. The Bertz CT molecular complexity index is 361. The minimum atomic E-state index is -0.298. The van der Waals surface area contributed by atoms with Gasteiger partial charge in [-0.3, -0.25) is 5.10 Å². The Kier molecular flexibility index (Phi) is 5.44. The third kappa shape index (κ3) is 3.20. The molecule has 0 radical (unpaired) electrons. The van der Waals surface area contributed by atoms with Crippen molar-refractivity contribution in [2.75, 3.05) is 19.7 Å². The Labute approximate surface area is 107 Å². The molecule has 0 bridgehead atoms. The van der Waals surface area contributed by atoms with Crippen LogP contribution >= 0.6 is 12.4 Å². The molecule has 2 N–H and O–H groups in total. The summed E-state index contributed by atoms with van der Waals surface area (Å²) in [5.74, 6) is 0.118. The molecule has 1 aliphatic heterocycles. The topological polar surface area (TPSA) is 67.0 Å². The van der Waals surface area contributed by atoms with Crippen LogP contribution in [0.4, 0.5) is 0 Å². The third-order valence-corrected chi connectivity index (χ3v) is 2.93. The summed E-state index contributed by atoms with van der Waals surface area (Å²) in [6.07, 6.45) is 3.85. The number of rotatable bonds is 3. The number of piperidine rings is 1. The molecule has 5 nitrogen and oxygen atoms in total. The van der Waals surface area contributed by atoms with Crippen molar-refractivity contribution in [2.45, 2.75) is 25.7 Å². The molecular formula is C11H18ClN3O2. The summed E-state index contributed by atoms with van der Waals surface area (Å²) in [5.41, 5.74) is 1.52. The quantitative estimate of drug-likeness (QED) is 0.807. The molecule has 6 heteroatoms. The van der Waals surface area contributed by atoms with Crippen molar-refractivity contribution < 1.29 is 9.53 Å². The van der Waals surface area contributed by atoms with Crippen molar-refractivity contribution in [3.8, 4) is 0 Å². The first-order valence-corrected chi connectivity index (χ1v) is 5.74. The smallest absolute Gasteiger partial charge is 0.356 e. The van der Waals surface area contributed by atoms with E-state index in [-0.39, 0.29) is 18.4 Å². The Hall–Kier alpha value is -1.07. The molecule has 0 saturated carbocycles. The van der Waals surface area contributed by atoms with E-state index < -0.39 is 0 Å². The second-order valence-electron chi connectivity index (χ2n) is 3.95. The number of nitrogens with zero attached hydrogens (tertiary/aromatic N) is 1. The fourth-order valence-electron chi connectivity index (χ4n) is 2.10. The lowest BCUT2D eigenvalue weighted by molar-refractivity contribution is 0.0517. The van der Waals surface area contributed by atoms with Crippen LogP contribution in [0.15, 0.2) is 6.20 Å². The van der Waals surface area contributed by atoms with Crippen LogP contribution in [0.1, 0.15) is 41.7 Å². The fraction of sp³-hybridized carbons (Fsp3) is 0.636. The maximum absolute atomic E-state index is 11.7. The number of nitrogens with one attached hydrogen (secondary N) is 2. The van der Waals surface area contributed by atoms with E-state index in [9.17, 15) is 4.79 Å². The molecule has 0 amide bonds. The number of carbonyl (C=O) groups is 1. The highest BCUT2D eigenvalue weighted by Crippen LogP contribution is 2.27. The molecule has 1 saturated heterocycles. The highest BCUT2D eigenvalue weighted by Gasteiger charge is 2.23. The number of hydrogen-bond donors (Lipinski definition) is 2. The minimum Gasteiger partial charge on any atom is -0.461 e. The van der Waals surface area contributed by atoms with Crippen LogP contribution < -0.4 is 5.32 Å². The summed E-state index contributed by atoms with van der Waals surface area (Å²) in [6, 6.07) is 0. The zero-order chi connectivity index (χ0) is 11.4. The number of hydrogen-bond acceptors (Lipinski definition) is 4. The molecule has 0 spiro atoms. The lowest BCUT2D eigenvalue weighted by atomic mass is 9.90. The first-order chi connectivity index (χ1) is 7.83. The van der Waals surface area contributed by atoms with E-state index in [1.165, 1.54) is 0 Å². The Balaban J connectivity index is 0.00000144. The molecule has 1 fully saturated rings. The highest BCUT2D eigenvalue weighted by molar-refractivity contribution is 5.89. The molecule has 1 aromatic heterocycles. The van der Waals surface area contributed by atoms with Gasteiger partial charge in [0.05, 0.1) is 12.8 Å². The zero-order valence-electron chi connectivity index (χ0n) is 9.86. The zero-order valence-corrected chi connectivity index (χ0v) is 10.7. The Morgan fingerprint density at radius 1 is 1.53 bits per heavy atom. The number of aromatic amines is 1. The van der Waals surface area contributed by atoms with Crippen molar-refractivity contribution >= 4 is 18.4 Å². The largest absolute Gasteiger partial charge is 0.461 e. The van der Waals surface area contributed by atoms with E-state index in [2.05, 4.69) is 15.5 Å². The number of esters is 1. The first-order valence-electron chi connectivity index (χ1n) is 5.74. The normalized spacial score (nSPS) is 16.3. The van der Waals surface area contributed by atoms with E-state index in [1.54, 1.807) is 13.1 Å². The van der Waals surface area contributed by atoms with Gasteiger partial charge in [-0.15, -0.1) is 12.4 Å². The van der Waals surface area contributed by atoms with Crippen molar-refractivity contribution in [3.05, 3.63) is 17.5 Å². The van der Waals surface area contributed by atoms with E-state index in [1.807, 2.05) is 0 Å². The predicted octanol–water partition coefficient (Wildman–Crippen LogP) is 1.48. The summed E-state index contributed by atoms with van der Waals surface area (Å²) in [7, 11) is 0. The average Bonchev–Trinajstić information content (AvgIpc) is 2.79. The van der Waals surface area contributed by atoms with Gasteiger partial charge >= 0.3 is 5.97 Å². The van der Waals surface area contributed by atoms with Gasteiger partial charge < -0.3 is 10.1 Å². The first kappa shape index (κ1) is 14.0. The van der Waals surface area contributed by atoms with Gasteiger partial charge in [0.1, 0.15) is 5.69 Å². The van der Waals surface area contributed by atoms with Crippen LogP contribution in [0.25, 0.3) is 0 Å².